The highest BCUT2D eigenvalue weighted by Gasteiger charge is 2.37. The van der Waals surface area contributed by atoms with E-state index in [0.29, 0.717) is 0 Å². The summed E-state index contributed by atoms with van der Waals surface area (Å²) in [6.07, 6.45) is 16.1. The van der Waals surface area contributed by atoms with Crippen LogP contribution in [0.5, 0.6) is 0 Å². The molecule has 8 nitrogen and oxygen atoms in total. The van der Waals surface area contributed by atoms with E-state index < -0.39 is 5.54 Å². The lowest BCUT2D eigenvalue weighted by Gasteiger charge is -2.39. The van der Waals surface area contributed by atoms with E-state index in [-0.39, 0.29) is 0 Å². The van der Waals surface area contributed by atoms with E-state index in [1.165, 1.54) is 0 Å². The Morgan fingerprint density at radius 2 is 0.754 bits per heavy atom. The SMILES string of the molecule is CC12NC(c3cc(-c4cc(-c5ccc6ccc7cccnc7c6n5)cc(-c5ccc6ccc7cccnc7c6n5)c4)cc(-c4ccc5ccc6cccnc6c5n4)c3)=CC=C1C=Cc1cccnc12. The molecule has 1 atom stereocenters. The third kappa shape index (κ3) is 6.41. The van der Waals surface area contributed by atoms with E-state index in [4.69, 9.17) is 34.9 Å². The molecule has 12 aromatic rings. The van der Waals surface area contributed by atoms with E-state index in [1.54, 1.807) is 0 Å². The predicted octanol–water partition coefficient (Wildman–Crippen LogP) is 13.9. The lowest BCUT2D eigenvalue weighted by Crippen LogP contribution is -2.43. The van der Waals surface area contributed by atoms with Crippen molar-refractivity contribution < 1.29 is 0 Å². The van der Waals surface area contributed by atoms with Crippen LogP contribution in [0, 0.1) is 0 Å². The number of hydrogen-bond donors (Lipinski definition) is 1. The van der Waals surface area contributed by atoms with Crippen molar-refractivity contribution >= 4 is 77.2 Å². The van der Waals surface area contributed by atoms with E-state index in [0.717, 1.165) is 138 Å². The zero-order chi connectivity index (χ0) is 45.6. The van der Waals surface area contributed by atoms with Crippen molar-refractivity contribution in [1.29, 1.82) is 0 Å². The molecule has 0 spiro atoms. The highest BCUT2D eigenvalue weighted by atomic mass is 15.0. The number of pyridine rings is 7. The van der Waals surface area contributed by atoms with Gasteiger partial charge in [0, 0.05) is 79.5 Å². The van der Waals surface area contributed by atoms with E-state index in [1.807, 2.05) is 49.1 Å². The van der Waals surface area contributed by atoms with E-state index >= 15 is 0 Å². The van der Waals surface area contributed by atoms with Crippen molar-refractivity contribution in [2.45, 2.75) is 12.5 Å². The second-order valence-electron chi connectivity index (χ2n) is 18.1. The van der Waals surface area contributed by atoms with Crippen LogP contribution in [-0.2, 0) is 5.54 Å². The molecule has 8 heteroatoms. The number of nitrogens with one attached hydrogen (secondary N) is 1. The van der Waals surface area contributed by atoms with Crippen molar-refractivity contribution in [2.24, 2.45) is 0 Å². The summed E-state index contributed by atoms with van der Waals surface area (Å²) in [6.45, 7) is 2.22. The van der Waals surface area contributed by atoms with Gasteiger partial charge in [0.15, 0.2) is 0 Å². The van der Waals surface area contributed by atoms with Crippen LogP contribution in [0.15, 0.2) is 206 Å². The predicted molar refractivity (Wildman–Crippen MR) is 280 cm³/mol. The molecule has 8 heterocycles. The molecule has 0 bridgehead atoms. The Kier molecular flexibility index (Phi) is 8.54. The van der Waals surface area contributed by atoms with Gasteiger partial charge in [-0.2, -0.15) is 0 Å². The molecule has 69 heavy (non-hydrogen) atoms. The highest BCUT2D eigenvalue weighted by Crippen LogP contribution is 2.42. The van der Waals surface area contributed by atoms with Crippen LogP contribution < -0.4 is 5.32 Å². The quantitative estimate of drug-likeness (QED) is 0.171. The third-order valence-electron chi connectivity index (χ3n) is 13.8. The van der Waals surface area contributed by atoms with Crippen molar-refractivity contribution in [2.75, 3.05) is 0 Å². The van der Waals surface area contributed by atoms with Crippen molar-refractivity contribution in [3.05, 3.63) is 223 Å². The summed E-state index contributed by atoms with van der Waals surface area (Å²) in [5, 5.41) is 10.2. The summed E-state index contributed by atoms with van der Waals surface area (Å²) in [7, 11) is 0. The molecular weight excluding hydrogens is 845 g/mol. The zero-order valence-corrected chi connectivity index (χ0v) is 37.3. The number of fused-ring (bicyclic) bond motifs is 12. The number of nitrogens with zero attached hydrogens (tertiary/aromatic N) is 7. The maximum atomic E-state index is 5.38. The fraction of sp³-hybridized carbons (Fsp3) is 0.0328. The minimum Gasteiger partial charge on any atom is -0.370 e. The number of hydrogen-bond acceptors (Lipinski definition) is 8. The van der Waals surface area contributed by atoms with Crippen LogP contribution in [0.1, 0.15) is 23.7 Å². The molecule has 0 fully saturated rings. The number of dihydropyridines is 1. The Hall–Kier alpha value is -9.27. The Morgan fingerprint density at radius 3 is 1.25 bits per heavy atom. The van der Waals surface area contributed by atoms with Gasteiger partial charge < -0.3 is 5.32 Å². The Morgan fingerprint density at radius 1 is 0.362 bits per heavy atom. The molecule has 5 aromatic carbocycles. The fourth-order valence-corrected chi connectivity index (χ4v) is 10.3. The molecule has 1 unspecified atom stereocenters. The van der Waals surface area contributed by atoms with Gasteiger partial charge in [0.1, 0.15) is 5.54 Å². The summed E-state index contributed by atoms with van der Waals surface area (Å²) in [5.41, 5.74) is 17.3. The molecule has 14 rings (SSSR count). The third-order valence-corrected chi connectivity index (χ3v) is 13.8. The Balaban J connectivity index is 1.00. The van der Waals surface area contributed by atoms with Gasteiger partial charge in [-0.05, 0) is 120 Å². The fourth-order valence-electron chi connectivity index (χ4n) is 10.3. The lowest BCUT2D eigenvalue weighted by molar-refractivity contribution is 0.492. The van der Waals surface area contributed by atoms with Crippen molar-refractivity contribution in [3.63, 3.8) is 0 Å². The molecular formula is C61H38N8. The topological polar surface area (TPSA) is 102 Å². The molecule has 0 saturated carbocycles. The van der Waals surface area contributed by atoms with E-state index in [9.17, 15) is 0 Å². The minimum atomic E-state index is -0.550. The normalized spacial score (nSPS) is 15.3. The largest absolute Gasteiger partial charge is 0.370 e. The minimum absolute atomic E-state index is 0.550. The number of benzene rings is 5. The molecule has 2 aliphatic rings. The summed E-state index contributed by atoms with van der Waals surface area (Å²) in [5.74, 6) is 0. The van der Waals surface area contributed by atoms with Gasteiger partial charge in [0.05, 0.1) is 55.9 Å². The first kappa shape index (κ1) is 38.9. The summed E-state index contributed by atoms with van der Waals surface area (Å²) in [4.78, 5) is 35.4. The first-order valence-electron chi connectivity index (χ1n) is 23.1. The van der Waals surface area contributed by atoms with Crippen LogP contribution >= 0.6 is 0 Å². The van der Waals surface area contributed by atoms with Gasteiger partial charge in [0.2, 0.25) is 0 Å². The second kappa shape index (κ2) is 15.1. The van der Waals surface area contributed by atoms with Crippen LogP contribution in [-0.4, -0.2) is 34.9 Å². The number of allylic oxidation sites excluding steroid dienone is 2. The van der Waals surface area contributed by atoms with Gasteiger partial charge in [-0.25, -0.2) is 15.0 Å². The molecule has 322 valence electrons. The van der Waals surface area contributed by atoms with Gasteiger partial charge in [0.25, 0.3) is 0 Å². The van der Waals surface area contributed by atoms with Crippen molar-refractivity contribution in [1.82, 2.24) is 40.2 Å². The standard InChI is InChI=1S/C61H38N8/c1-61-49(20-16-42-9-5-29-65-60(42)61)21-25-53(69-61)48-33-44(32-47(35-48)52-24-19-41-15-12-38-8-4-28-64-56(38)59(41)68-52)43-30-45(50-22-17-39-13-10-36-6-2-26-62-54(36)57(39)66-50)34-46(31-43)51-23-18-40-14-11-37-7-3-27-63-55(37)58(40)67-51/h2-35,69H,1H3. The first-order chi connectivity index (χ1) is 34.0. The zero-order valence-electron chi connectivity index (χ0n) is 37.3. The smallest absolute Gasteiger partial charge is 0.103 e. The number of rotatable bonds is 5. The van der Waals surface area contributed by atoms with Gasteiger partial charge in [-0.1, -0.05) is 97.1 Å². The van der Waals surface area contributed by atoms with Gasteiger partial charge >= 0.3 is 0 Å². The Labute approximate surface area is 396 Å². The molecule has 1 N–H and O–H groups in total. The average molecular weight is 883 g/mol. The summed E-state index contributed by atoms with van der Waals surface area (Å²) < 4.78 is 0. The first-order valence-corrected chi connectivity index (χ1v) is 23.1. The van der Waals surface area contributed by atoms with Gasteiger partial charge in [-0.3, -0.25) is 19.9 Å². The van der Waals surface area contributed by atoms with E-state index in [2.05, 4.69) is 170 Å². The molecule has 0 radical (unpaired) electrons. The average Bonchev–Trinajstić information content (AvgIpc) is 3.42. The van der Waals surface area contributed by atoms with Gasteiger partial charge in [-0.15, -0.1) is 0 Å². The van der Waals surface area contributed by atoms with Crippen LogP contribution in [0.3, 0.4) is 0 Å². The second-order valence-corrected chi connectivity index (χ2v) is 18.1. The number of aromatic nitrogens is 7. The molecule has 1 aliphatic heterocycles. The van der Waals surface area contributed by atoms with Crippen LogP contribution in [0.25, 0.3) is 122 Å². The molecule has 1 aliphatic carbocycles. The lowest BCUT2D eigenvalue weighted by atomic mass is 9.78. The molecule has 0 amide bonds. The maximum absolute atomic E-state index is 5.38. The maximum Gasteiger partial charge on any atom is 0.103 e. The molecule has 0 saturated heterocycles. The van der Waals surface area contributed by atoms with Crippen LogP contribution in [0.4, 0.5) is 0 Å². The summed E-state index contributed by atoms with van der Waals surface area (Å²) >= 11 is 0. The summed E-state index contributed by atoms with van der Waals surface area (Å²) in [6, 6.07) is 55.2. The molecule has 7 aromatic heterocycles. The Bertz CT molecular complexity index is 4130. The van der Waals surface area contributed by atoms with Crippen molar-refractivity contribution in [3.8, 4) is 44.9 Å². The monoisotopic (exact) mass is 882 g/mol. The highest BCUT2D eigenvalue weighted by molar-refractivity contribution is 6.06. The van der Waals surface area contributed by atoms with Crippen LogP contribution in [0.2, 0.25) is 0 Å².